The summed E-state index contributed by atoms with van der Waals surface area (Å²) in [5.74, 6) is -1.16. The molecule has 3 aromatic rings. The molecule has 144 valence electrons. The lowest BCUT2D eigenvalue weighted by molar-refractivity contribution is -0.122. The van der Waals surface area contributed by atoms with E-state index in [1.54, 1.807) is 18.2 Å². The van der Waals surface area contributed by atoms with Crippen LogP contribution in [0.25, 0.3) is 17.4 Å². The highest BCUT2D eigenvalue weighted by atomic mass is 79.9. The normalized spacial score (nSPS) is 15.7. The van der Waals surface area contributed by atoms with Gasteiger partial charge in [-0.2, -0.15) is 0 Å². The molecule has 0 aliphatic carbocycles. The first-order chi connectivity index (χ1) is 13.9. The van der Waals surface area contributed by atoms with Gasteiger partial charge in [0.25, 0.3) is 11.8 Å². The molecule has 0 radical (unpaired) electrons. The van der Waals surface area contributed by atoms with Gasteiger partial charge in [-0.25, -0.2) is 9.29 Å². The number of nitrogens with one attached hydrogen (secondary N) is 1. The van der Waals surface area contributed by atoms with E-state index >= 15 is 0 Å². The van der Waals surface area contributed by atoms with E-state index in [4.69, 9.17) is 16.6 Å². The first-order valence-electron chi connectivity index (χ1n) is 8.46. The third-order valence-electron chi connectivity index (χ3n) is 4.22. The Labute approximate surface area is 178 Å². The number of anilines is 1. The van der Waals surface area contributed by atoms with Crippen LogP contribution in [0.5, 0.6) is 0 Å². The molecular weight excluding hydrogens is 459 g/mol. The van der Waals surface area contributed by atoms with E-state index in [1.807, 2.05) is 24.3 Å². The lowest BCUT2D eigenvalue weighted by Crippen LogP contribution is -2.54. The van der Waals surface area contributed by atoms with Gasteiger partial charge in [0.2, 0.25) is 0 Å². The summed E-state index contributed by atoms with van der Waals surface area (Å²) in [5, 5.41) is 2.23. The highest BCUT2D eigenvalue weighted by Gasteiger charge is 2.35. The zero-order valence-electron chi connectivity index (χ0n) is 14.7. The second kappa shape index (κ2) is 7.73. The minimum Gasteiger partial charge on any atom is -0.457 e. The number of para-hydroxylation sites is 1. The lowest BCUT2D eigenvalue weighted by Gasteiger charge is -2.28. The second-order valence-electron chi connectivity index (χ2n) is 6.12. The summed E-state index contributed by atoms with van der Waals surface area (Å²) in [6, 6.07) is 16.6. The molecule has 5 nitrogen and oxygen atoms in total. The van der Waals surface area contributed by atoms with Crippen LogP contribution in [-0.2, 0) is 9.59 Å². The molecule has 0 bridgehead atoms. The summed E-state index contributed by atoms with van der Waals surface area (Å²) in [5.41, 5.74) is 0.581. The molecule has 2 amide bonds. The third-order valence-corrected chi connectivity index (χ3v) is 5.00. The maximum absolute atomic E-state index is 14.2. The highest BCUT2D eigenvalue weighted by Crippen LogP contribution is 2.28. The SMILES string of the molecule is O=C1NC(=S)N(c2ccccc2F)C(=O)/C1=C/c1ccc(-c2cccc(Br)c2)o1. The summed E-state index contributed by atoms with van der Waals surface area (Å²) < 4.78 is 20.8. The summed E-state index contributed by atoms with van der Waals surface area (Å²) in [7, 11) is 0. The summed E-state index contributed by atoms with van der Waals surface area (Å²) in [6.45, 7) is 0. The number of hydrogen-bond donors (Lipinski definition) is 1. The Morgan fingerprint density at radius 3 is 2.62 bits per heavy atom. The Morgan fingerprint density at radius 1 is 1.07 bits per heavy atom. The Kier molecular flexibility index (Phi) is 5.12. The molecule has 1 aliphatic heterocycles. The Morgan fingerprint density at radius 2 is 1.86 bits per heavy atom. The van der Waals surface area contributed by atoms with Gasteiger partial charge < -0.3 is 4.42 Å². The van der Waals surface area contributed by atoms with Gasteiger partial charge in [-0.3, -0.25) is 14.9 Å². The van der Waals surface area contributed by atoms with E-state index in [1.165, 1.54) is 24.3 Å². The van der Waals surface area contributed by atoms with Gasteiger partial charge >= 0.3 is 0 Å². The highest BCUT2D eigenvalue weighted by molar-refractivity contribution is 9.10. The van der Waals surface area contributed by atoms with Crippen LogP contribution in [0.15, 0.2) is 75.1 Å². The number of benzene rings is 2. The largest absolute Gasteiger partial charge is 0.457 e. The van der Waals surface area contributed by atoms with E-state index in [2.05, 4.69) is 21.2 Å². The van der Waals surface area contributed by atoms with Crippen LogP contribution >= 0.6 is 28.1 Å². The molecule has 0 spiro atoms. The minimum atomic E-state index is -0.732. The van der Waals surface area contributed by atoms with Crippen LogP contribution in [0, 0.1) is 5.82 Å². The fourth-order valence-corrected chi connectivity index (χ4v) is 3.55. The van der Waals surface area contributed by atoms with Crippen molar-refractivity contribution in [2.45, 2.75) is 0 Å². The Bertz CT molecular complexity index is 1190. The number of amides is 2. The molecule has 0 atom stereocenters. The van der Waals surface area contributed by atoms with Crippen LogP contribution in [0.2, 0.25) is 0 Å². The monoisotopic (exact) mass is 470 g/mol. The molecule has 0 saturated carbocycles. The summed E-state index contributed by atoms with van der Waals surface area (Å²) >= 11 is 8.47. The van der Waals surface area contributed by atoms with Gasteiger partial charge in [0.15, 0.2) is 5.11 Å². The van der Waals surface area contributed by atoms with Crippen LogP contribution in [-0.4, -0.2) is 16.9 Å². The van der Waals surface area contributed by atoms with Crippen molar-refractivity contribution in [2.24, 2.45) is 0 Å². The number of thiocarbonyl (C=S) groups is 1. The molecule has 1 aliphatic rings. The van der Waals surface area contributed by atoms with E-state index in [0.717, 1.165) is 14.9 Å². The zero-order valence-corrected chi connectivity index (χ0v) is 17.1. The van der Waals surface area contributed by atoms with Gasteiger partial charge in [-0.05, 0) is 54.7 Å². The Balaban J connectivity index is 1.70. The van der Waals surface area contributed by atoms with Crippen LogP contribution < -0.4 is 10.2 Å². The molecule has 2 aromatic carbocycles. The quantitative estimate of drug-likeness (QED) is 0.343. The maximum atomic E-state index is 14.2. The van der Waals surface area contributed by atoms with E-state index in [-0.39, 0.29) is 16.4 Å². The number of furan rings is 1. The van der Waals surface area contributed by atoms with Gasteiger partial charge in [-0.1, -0.05) is 40.2 Å². The Hall–Kier alpha value is -3.10. The minimum absolute atomic E-state index is 0.0392. The molecule has 1 saturated heterocycles. The summed E-state index contributed by atoms with van der Waals surface area (Å²) in [4.78, 5) is 26.2. The molecule has 0 unspecified atom stereocenters. The summed E-state index contributed by atoms with van der Waals surface area (Å²) in [6.07, 6.45) is 1.31. The van der Waals surface area contributed by atoms with Gasteiger partial charge in [0.1, 0.15) is 22.9 Å². The number of nitrogens with zero attached hydrogens (tertiary/aromatic N) is 1. The van der Waals surface area contributed by atoms with Crippen LogP contribution in [0.1, 0.15) is 5.76 Å². The second-order valence-corrected chi connectivity index (χ2v) is 7.42. The predicted octanol–water partition coefficient (Wildman–Crippen LogP) is 4.68. The van der Waals surface area contributed by atoms with Crippen LogP contribution in [0.4, 0.5) is 10.1 Å². The number of carbonyl (C=O) groups is 2. The van der Waals surface area contributed by atoms with Crippen molar-refractivity contribution in [3.8, 4) is 11.3 Å². The van der Waals surface area contributed by atoms with Crippen molar-refractivity contribution in [3.63, 3.8) is 0 Å². The fourth-order valence-electron chi connectivity index (χ4n) is 2.88. The zero-order chi connectivity index (χ0) is 20.5. The van der Waals surface area contributed by atoms with Gasteiger partial charge in [0, 0.05) is 10.0 Å². The van der Waals surface area contributed by atoms with E-state index in [9.17, 15) is 14.0 Å². The van der Waals surface area contributed by atoms with Crippen molar-refractivity contribution in [1.82, 2.24) is 5.32 Å². The molecule has 8 heteroatoms. The molecule has 1 fully saturated rings. The van der Waals surface area contributed by atoms with Crippen molar-refractivity contribution >= 4 is 56.8 Å². The topological polar surface area (TPSA) is 62.6 Å². The molecule has 1 aromatic heterocycles. The first-order valence-corrected chi connectivity index (χ1v) is 9.66. The van der Waals surface area contributed by atoms with E-state index in [0.29, 0.717) is 11.5 Å². The average Bonchev–Trinajstić information content (AvgIpc) is 3.15. The lowest BCUT2D eigenvalue weighted by atomic mass is 10.1. The van der Waals surface area contributed by atoms with Gasteiger partial charge in [-0.15, -0.1) is 0 Å². The molecule has 29 heavy (non-hydrogen) atoms. The van der Waals surface area contributed by atoms with Crippen molar-refractivity contribution in [1.29, 1.82) is 0 Å². The maximum Gasteiger partial charge on any atom is 0.270 e. The van der Waals surface area contributed by atoms with E-state index < -0.39 is 17.6 Å². The fraction of sp³-hybridized carbons (Fsp3) is 0. The average molecular weight is 471 g/mol. The number of hydrogen-bond acceptors (Lipinski definition) is 4. The third kappa shape index (κ3) is 3.76. The molecule has 2 heterocycles. The number of rotatable bonds is 3. The smallest absolute Gasteiger partial charge is 0.270 e. The van der Waals surface area contributed by atoms with Crippen molar-refractivity contribution in [3.05, 3.63) is 82.3 Å². The molecule has 1 N–H and O–H groups in total. The number of carbonyl (C=O) groups excluding carboxylic acids is 2. The predicted molar refractivity (Wildman–Crippen MR) is 114 cm³/mol. The molecule has 4 rings (SSSR count). The molecular formula is C21H12BrFN2O3S. The van der Waals surface area contributed by atoms with Gasteiger partial charge in [0.05, 0.1) is 5.69 Å². The first kappa shape index (κ1) is 19.2. The number of halogens is 2. The standard InChI is InChI=1S/C21H12BrFN2O3S/c22-13-5-3-4-12(10-13)18-9-8-14(28-18)11-15-19(26)24-21(29)25(20(15)27)17-7-2-1-6-16(17)23/h1-11H,(H,24,26,29)/b15-11+. The van der Waals surface area contributed by atoms with Crippen LogP contribution in [0.3, 0.4) is 0 Å². The van der Waals surface area contributed by atoms with Crippen molar-refractivity contribution < 1.29 is 18.4 Å². The van der Waals surface area contributed by atoms with Crippen molar-refractivity contribution in [2.75, 3.05) is 4.90 Å².